The monoisotopic (exact) mass is 462 g/mol. The van der Waals surface area contributed by atoms with Crippen LogP contribution < -0.4 is 4.74 Å². The maximum Gasteiger partial charge on any atom is 0.266 e. The lowest BCUT2D eigenvalue weighted by Crippen LogP contribution is -2.39. The smallest absolute Gasteiger partial charge is 0.266 e. The molecule has 0 unspecified atom stereocenters. The molecule has 0 N–H and O–H groups in total. The number of hydrogen-bond donors (Lipinski definition) is 0. The van der Waals surface area contributed by atoms with Crippen LogP contribution in [0, 0.1) is 0 Å². The maximum atomic E-state index is 13.2. The van der Waals surface area contributed by atoms with Gasteiger partial charge in [-0.3, -0.25) is 9.69 Å². The molecule has 32 heavy (non-hydrogen) atoms. The molecule has 6 heteroatoms. The van der Waals surface area contributed by atoms with Gasteiger partial charge in [0.1, 0.15) is 16.7 Å². The molecular formula is C26H26N2O2S2. The van der Waals surface area contributed by atoms with Gasteiger partial charge in [0.15, 0.2) is 0 Å². The van der Waals surface area contributed by atoms with Crippen molar-refractivity contribution in [3.05, 3.63) is 71.3 Å². The summed E-state index contributed by atoms with van der Waals surface area (Å²) in [4.78, 5) is 15.8. The minimum Gasteiger partial charge on any atom is -0.492 e. The molecule has 0 spiro atoms. The number of fused-ring (bicyclic) bond motifs is 1. The van der Waals surface area contributed by atoms with Gasteiger partial charge in [-0.2, -0.15) is 0 Å². The Morgan fingerprint density at radius 3 is 2.59 bits per heavy atom. The highest BCUT2D eigenvalue weighted by molar-refractivity contribution is 8.26. The highest BCUT2D eigenvalue weighted by Crippen LogP contribution is 2.38. The molecule has 2 aliphatic rings. The zero-order chi connectivity index (χ0) is 21.9. The number of nitrogens with zero attached hydrogens (tertiary/aromatic N) is 2. The second kappa shape index (κ2) is 9.51. The molecule has 2 fully saturated rings. The zero-order valence-electron chi connectivity index (χ0n) is 17.9. The molecule has 3 aromatic rings. The lowest BCUT2D eigenvalue weighted by molar-refractivity contribution is -0.124. The number of benzene rings is 2. The minimum absolute atomic E-state index is 0.0659. The summed E-state index contributed by atoms with van der Waals surface area (Å²) in [5, 5.41) is 1.13. The second-order valence-electron chi connectivity index (χ2n) is 8.30. The Labute approximate surface area is 198 Å². The van der Waals surface area contributed by atoms with E-state index in [-0.39, 0.29) is 11.9 Å². The fourth-order valence-electron chi connectivity index (χ4n) is 4.63. The molecular weight excluding hydrogens is 436 g/mol. The van der Waals surface area contributed by atoms with Crippen molar-refractivity contribution < 1.29 is 9.53 Å². The van der Waals surface area contributed by atoms with Crippen molar-refractivity contribution in [1.29, 1.82) is 0 Å². The molecule has 2 heterocycles. The second-order valence-corrected chi connectivity index (χ2v) is 9.98. The Balaban J connectivity index is 1.37. The van der Waals surface area contributed by atoms with Crippen LogP contribution in [0.5, 0.6) is 5.75 Å². The van der Waals surface area contributed by atoms with Gasteiger partial charge in [0.2, 0.25) is 0 Å². The molecule has 164 valence electrons. The highest BCUT2D eigenvalue weighted by atomic mass is 32.2. The Morgan fingerprint density at radius 2 is 1.78 bits per heavy atom. The van der Waals surface area contributed by atoms with E-state index in [9.17, 15) is 4.79 Å². The van der Waals surface area contributed by atoms with E-state index < -0.39 is 0 Å². The van der Waals surface area contributed by atoms with Gasteiger partial charge in [0.05, 0.1) is 11.4 Å². The van der Waals surface area contributed by atoms with Gasteiger partial charge in [-0.05, 0) is 37.1 Å². The number of thioether (sulfide) groups is 1. The van der Waals surface area contributed by atoms with Crippen LogP contribution in [0.15, 0.2) is 65.7 Å². The number of amides is 1. The predicted molar refractivity (Wildman–Crippen MR) is 136 cm³/mol. The van der Waals surface area contributed by atoms with E-state index in [0.717, 1.165) is 46.5 Å². The number of carbonyl (C=O) groups excluding carboxylic acids is 1. The van der Waals surface area contributed by atoms with Crippen LogP contribution in [0.25, 0.3) is 17.0 Å². The van der Waals surface area contributed by atoms with Crippen molar-refractivity contribution >= 4 is 51.2 Å². The maximum absolute atomic E-state index is 13.2. The molecule has 1 saturated carbocycles. The van der Waals surface area contributed by atoms with E-state index in [4.69, 9.17) is 17.0 Å². The molecule has 4 nitrogen and oxygen atoms in total. The van der Waals surface area contributed by atoms with Crippen molar-refractivity contribution in [3.8, 4) is 5.75 Å². The number of carbonyl (C=O) groups is 1. The van der Waals surface area contributed by atoms with Crippen LogP contribution in [0.1, 0.15) is 37.7 Å². The Hall–Kier alpha value is -2.57. The van der Waals surface area contributed by atoms with Gasteiger partial charge >= 0.3 is 0 Å². The fourth-order valence-corrected chi connectivity index (χ4v) is 6.02. The summed E-state index contributed by atoms with van der Waals surface area (Å²) in [6, 6.07) is 18.4. The molecule has 1 amide bonds. The van der Waals surface area contributed by atoms with Crippen LogP contribution in [-0.2, 0) is 11.3 Å². The fraction of sp³-hybridized carbons (Fsp3) is 0.308. The molecule has 0 bridgehead atoms. The predicted octanol–water partition coefficient (Wildman–Crippen LogP) is 6.25. The van der Waals surface area contributed by atoms with Gasteiger partial charge in [-0.1, -0.05) is 79.6 Å². The molecule has 1 aliphatic heterocycles. The largest absolute Gasteiger partial charge is 0.492 e. The number of thiocarbonyl (C=S) groups is 1. The van der Waals surface area contributed by atoms with E-state index in [0.29, 0.717) is 10.9 Å². The minimum atomic E-state index is 0.0659. The van der Waals surface area contributed by atoms with Crippen LogP contribution in [0.4, 0.5) is 0 Å². The third kappa shape index (κ3) is 4.34. The van der Waals surface area contributed by atoms with Crippen molar-refractivity contribution in [2.24, 2.45) is 0 Å². The first kappa shape index (κ1) is 21.3. The quantitative estimate of drug-likeness (QED) is 0.320. The summed E-state index contributed by atoms with van der Waals surface area (Å²) >= 11 is 7.04. The average molecular weight is 463 g/mol. The van der Waals surface area contributed by atoms with E-state index in [1.807, 2.05) is 53.4 Å². The SMILES string of the molecule is O=C1/C(=C\c2cn(CCOc3ccccc3)c3ccccc23)SC(=S)N1C1CCCCC1. The standard InChI is InChI=1S/C26H26N2O2S2/c29-25-24(32-26(31)28(25)20-9-3-1-4-10-20)17-19-18-27(23-14-8-7-13-22(19)23)15-16-30-21-11-5-2-6-12-21/h2,5-8,11-14,17-18,20H,1,3-4,9-10,15-16H2/b24-17+. The van der Waals surface area contributed by atoms with Crippen molar-refractivity contribution in [2.75, 3.05) is 6.61 Å². The summed E-state index contributed by atoms with van der Waals surface area (Å²) in [6.07, 6.45) is 9.86. The van der Waals surface area contributed by atoms with Gasteiger partial charge < -0.3 is 9.30 Å². The van der Waals surface area contributed by atoms with Crippen LogP contribution in [0.2, 0.25) is 0 Å². The van der Waals surface area contributed by atoms with Crippen molar-refractivity contribution in [2.45, 2.75) is 44.7 Å². The molecule has 5 rings (SSSR count). The number of rotatable bonds is 6. The van der Waals surface area contributed by atoms with E-state index >= 15 is 0 Å². The molecule has 1 aromatic heterocycles. The third-order valence-electron chi connectivity index (χ3n) is 6.21. The van der Waals surface area contributed by atoms with Gasteiger partial charge in [-0.25, -0.2) is 0 Å². The number of para-hydroxylation sites is 2. The van der Waals surface area contributed by atoms with Crippen LogP contribution in [0.3, 0.4) is 0 Å². The van der Waals surface area contributed by atoms with Crippen molar-refractivity contribution in [3.63, 3.8) is 0 Å². The first-order valence-electron chi connectivity index (χ1n) is 11.2. The van der Waals surface area contributed by atoms with Crippen molar-refractivity contribution in [1.82, 2.24) is 9.47 Å². The van der Waals surface area contributed by atoms with Crippen LogP contribution in [-0.4, -0.2) is 32.3 Å². The number of hydrogen-bond acceptors (Lipinski definition) is 4. The normalized spacial score (nSPS) is 18.8. The number of aromatic nitrogens is 1. The van der Waals surface area contributed by atoms with Gasteiger partial charge in [-0.15, -0.1) is 0 Å². The third-order valence-corrected chi connectivity index (χ3v) is 7.54. The van der Waals surface area contributed by atoms with E-state index in [1.165, 1.54) is 31.0 Å². The molecule has 0 atom stereocenters. The van der Waals surface area contributed by atoms with Crippen LogP contribution >= 0.6 is 24.0 Å². The molecule has 2 aromatic carbocycles. The lowest BCUT2D eigenvalue weighted by atomic mass is 9.94. The summed E-state index contributed by atoms with van der Waals surface area (Å²) < 4.78 is 8.80. The summed E-state index contributed by atoms with van der Waals surface area (Å²) in [7, 11) is 0. The van der Waals surface area contributed by atoms with E-state index in [2.05, 4.69) is 22.9 Å². The van der Waals surface area contributed by atoms with E-state index in [1.54, 1.807) is 0 Å². The number of ether oxygens (including phenoxy) is 1. The first-order chi connectivity index (χ1) is 15.7. The first-order valence-corrected chi connectivity index (χ1v) is 12.5. The zero-order valence-corrected chi connectivity index (χ0v) is 19.5. The Morgan fingerprint density at radius 1 is 1.03 bits per heavy atom. The average Bonchev–Trinajstić information content (AvgIpc) is 3.31. The van der Waals surface area contributed by atoms with Gasteiger partial charge in [0, 0.05) is 28.7 Å². The highest BCUT2D eigenvalue weighted by Gasteiger charge is 2.37. The lowest BCUT2D eigenvalue weighted by Gasteiger charge is -2.29. The topological polar surface area (TPSA) is 34.5 Å². The molecule has 0 radical (unpaired) electrons. The molecule has 1 saturated heterocycles. The Kier molecular flexibility index (Phi) is 6.32. The Bertz CT molecular complexity index is 1160. The summed E-state index contributed by atoms with van der Waals surface area (Å²) in [5.41, 5.74) is 2.18. The molecule has 1 aliphatic carbocycles. The summed E-state index contributed by atoms with van der Waals surface area (Å²) in [5.74, 6) is 0.937. The van der Waals surface area contributed by atoms with Gasteiger partial charge in [0.25, 0.3) is 5.91 Å². The summed E-state index contributed by atoms with van der Waals surface area (Å²) in [6.45, 7) is 1.30.